The van der Waals surface area contributed by atoms with Crippen molar-refractivity contribution in [3.05, 3.63) is 60.4 Å². The molecular formula is C18H22N4O2. The van der Waals surface area contributed by atoms with E-state index in [-0.39, 0.29) is 5.91 Å². The second-order valence-electron chi connectivity index (χ2n) is 6.06. The summed E-state index contributed by atoms with van der Waals surface area (Å²) in [7, 11) is 0. The number of carbonyl (C=O) groups excluding carboxylic acids is 2. The number of aromatic nitrogens is 1. The fourth-order valence-electron chi connectivity index (χ4n) is 3.39. The van der Waals surface area contributed by atoms with E-state index < -0.39 is 12.1 Å². The molecule has 2 aromatic rings. The van der Waals surface area contributed by atoms with Gasteiger partial charge in [-0.05, 0) is 30.5 Å². The first-order valence-corrected chi connectivity index (χ1v) is 8.17. The summed E-state index contributed by atoms with van der Waals surface area (Å²) in [5.74, 6) is -0.367. The number of likely N-dealkylation sites (tertiary alicyclic amines) is 1. The molecule has 1 saturated heterocycles. The molecule has 0 unspecified atom stereocenters. The van der Waals surface area contributed by atoms with Gasteiger partial charge in [0, 0.05) is 31.5 Å². The van der Waals surface area contributed by atoms with Gasteiger partial charge in [-0.3, -0.25) is 15.0 Å². The highest BCUT2D eigenvalue weighted by atomic mass is 16.2. The van der Waals surface area contributed by atoms with Crippen molar-refractivity contribution in [2.24, 2.45) is 5.73 Å². The van der Waals surface area contributed by atoms with Gasteiger partial charge < -0.3 is 10.3 Å². The van der Waals surface area contributed by atoms with Crippen molar-refractivity contribution in [3.63, 3.8) is 0 Å². The number of urea groups is 1. The van der Waals surface area contributed by atoms with Crippen LogP contribution in [-0.4, -0.2) is 34.5 Å². The Hall–Kier alpha value is -2.60. The second-order valence-corrected chi connectivity index (χ2v) is 6.06. The Morgan fingerprint density at radius 2 is 1.67 bits per heavy atom. The van der Waals surface area contributed by atoms with Crippen LogP contribution >= 0.6 is 0 Å². The van der Waals surface area contributed by atoms with E-state index >= 15 is 0 Å². The van der Waals surface area contributed by atoms with Crippen LogP contribution < -0.4 is 11.1 Å². The molecule has 3 rings (SSSR count). The fraction of sp³-hybridized carbons (Fsp3) is 0.333. The first kappa shape index (κ1) is 16.3. The van der Waals surface area contributed by atoms with Gasteiger partial charge in [0.2, 0.25) is 5.91 Å². The predicted octanol–water partition coefficient (Wildman–Crippen LogP) is 2.06. The third-order valence-electron chi connectivity index (χ3n) is 4.52. The average molecular weight is 326 g/mol. The number of amides is 3. The van der Waals surface area contributed by atoms with Crippen LogP contribution in [0.15, 0.2) is 54.9 Å². The largest absolute Gasteiger partial charge is 0.351 e. The summed E-state index contributed by atoms with van der Waals surface area (Å²) < 4.78 is 2.22. The lowest BCUT2D eigenvalue weighted by Crippen LogP contribution is -2.47. The summed E-state index contributed by atoms with van der Waals surface area (Å²) in [6.07, 6.45) is 6.08. The highest BCUT2D eigenvalue weighted by Crippen LogP contribution is 2.29. The average Bonchev–Trinajstić information content (AvgIpc) is 3.10. The number of hydrogen-bond donors (Lipinski definition) is 2. The van der Waals surface area contributed by atoms with Gasteiger partial charge in [0.15, 0.2) is 0 Å². The zero-order valence-electron chi connectivity index (χ0n) is 13.5. The fourth-order valence-corrected chi connectivity index (χ4v) is 3.39. The van der Waals surface area contributed by atoms with Gasteiger partial charge in [-0.1, -0.05) is 30.3 Å². The SMILES string of the molecule is NC(=O)NC(=O)[C@H](c1ccccc1)N1CCC(n2cccc2)CC1. The molecule has 0 saturated carbocycles. The molecule has 1 atom stereocenters. The minimum Gasteiger partial charge on any atom is -0.351 e. The molecule has 2 heterocycles. The molecule has 1 aliphatic heterocycles. The van der Waals surface area contributed by atoms with Crippen molar-refractivity contribution < 1.29 is 9.59 Å². The molecule has 6 heteroatoms. The van der Waals surface area contributed by atoms with E-state index in [1.807, 2.05) is 42.5 Å². The summed E-state index contributed by atoms with van der Waals surface area (Å²) in [6, 6.07) is 12.7. The summed E-state index contributed by atoms with van der Waals surface area (Å²) in [5, 5.41) is 2.23. The molecule has 0 spiro atoms. The van der Waals surface area contributed by atoms with Crippen molar-refractivity contribution >= 4 is 11.9 Å². The highest BCUT2D eigenvalue weighted by Gasteiger charge is 2.31. The summed E-state index contributed by atoms with van der Waals surface area (Å²) in [4.78, 5) is 25.7. The molecule has 1 aromatic carbocycles. The Balaban J connectivity index is 1.74. The molecular weight excluding hydrogens is 304 g/mol. The number of carbonyl (C=O) groups is 2. The van der Waals surface area contributed by atoms with Gasteiger partial charge in [0.1, 0.15) is 6.04 Å². The zero-order chi connectivity index (χ0) is 16.9. The lowest BCUT2D eigenvalue weighted by molar-refractivity contribution is -0.126. The molecule has 0 bridgehead atoms. The second kappa shape index (κ2) is 7.31. The van der Waals surface area contributed by atoms with E-state index in [2.05, 4.69) is 27.2 Å². The van der Waals surface area contributed by atoms with Crippen molar-refractivity contribution in [1.82, 2.24) is 14.8 Å². The smallest absolute Gasteiger partial charge is 0.318 e. The Labute approximate surface area is 141 Å². The van der Waals surface area contributed by atoms with Crippen LogP contribution in [0, 0.1) is 0 Å². The molecule has 24 heavy (non-hydrogen) atoms. The maximum Gasteiger partial charge on any atom is 0.318 e. The molecule has 3 N–H and O–H groups in total. The third-order valence-corrected chi connectivity index (χ3v) is 4.52. The van der Waals surface area contributed by atoms with Crippen molar-refractivity contribution in [2.45, 2.75) is 24.9 Å². The van der Waals surface area contributed by atoms with E-state index in [1.165, 1.54) is 0 Å². The minimum absolute atomic E-state index is 0.367. The molecule has 1 fully saturated rings. The van der Waals surface area contributed by atoms with Crippen molar-refractivity contribution in [3.8, 4) is 0 Å². The van der Waals surface area contributed by atoms with Crippen molar-refractivity contribution in [2.75, 3.05) is 13.1 Å². The van der Waals surface area contributed by atoms with Crippen LogP contribution in [0.1, 0.15) is 30.5 Å². The van der Waals surface area contributed by atoms with Crippen LogP contribution in [0.5, 0.6) is 0 Å². The number of nitrogens with zero attached hydrogens (tertiary/aromatic N) is 2. The first-order chi connectivity index (χ1) is 11.6. The molecule has 0 radical (unpaired) electrons. The molecule has 1 aromatic heterocycles. The van der Waals surface area contributed by atoms with Gasteiger partial charge >= 0.3 is 6.03 Å². The molecule has 6 nitrogen and oxygen atoms in total. The molecule has 0 aliphatic carbocycles. The Bertz CT molecular complexity index is 676. The zero-order valence-corrected chi connectivity index (χ0v) is 13.5. The number of nitrogens with two attached hydrogens (primary N) is 1. The summed E-state index contributed by atoms with van der Waals surface area (Å²) >= 11 is 0. The van der Waals surface area contributed by atoms with Crippen LogP contribution in [-0.2, 0) is 4.79 Å². The van der Waals surface area contributed by atoms with Gasteiger partial charge in [-0.25, -0.2) is 4.79 Å². The lowest BCUT2D eigenvalue weighted by atomic mass is 9.98. The monoisotopic (exact) mass is 326 g/mol. The van der Waals surface area contributed by atoms with Crippen LogP contribution in [0.3, 0.4) is 0 Å². The standard InChI is InChI=1S/C18H22N4O2/c19-18(24)20-17(23)16(14-6-2-1-3-7-14)22-12-8-15(9-13-22)21-10-4-5-11-21/h1-7,10-11,15-16H,8-9,12-13H2,(H3,19,20,23,24)/t16-/m0/s1. The van der Waals surface area contributed by atoms with E-state index in [4.69, 9.17) is 5.73 Å². The van der Waals surface area contributed by atoms with Gasteiger partial charge in [0.25, 0.3) is 0 Å². The quantitative estimate of drug-likeness (QED) is 0.902. The predicted molar refractivity (Wildman–Crippen MR) is 91.2 cm³/mol. The maximum absolute atomic E-state index is 12.5. The number of imide groups is 1. The molecule has 126 valence electrons. The number of rotatable bonds is 4. The minimum atomic E-state index is -0.817. The number of piperidine rings is 1. The van der Waals surface area contributed by atoms with Gasteiger partial charge in [-0.15, -0.1) is 0 Å². The lowest BCUT2D eigenvalue weighted by Gasteiger charge is -2.37. The Morgan fingerprint density at radius 3 is 2.25 bits per heavy atom. The Morgan fingerprint density at radius 1 is 1.04 bits per heavy atom. The third kappa shape index (κ3) is 3.65. The van der Waals surface area contributed by atoms with E-state index in [9.17, 15) is 9.59 Å². The normalized spacial score (nSPS) is 17.3. The van der Waals surface area contributed by atoms with E-state index in [0.29, 0.717) is 6.04 Å². The van der Waals surface area contributed by atoms with Crippen LogP contribution in [0.25, 0.3) is 0 Å². The van der Waals surface area contributed by atoms with Crippen LogP contribution in [0.4, 0.5) is 4.79 Å². The number of benzene rings is 1. The topological polar surface area (TPSA) is 80.4 Å². The summed E-state index contributed by atoms with van der Waals surface area (Å²) in [6.45, 7) is 1.57. The van der Waals surface area contributed by atoms with Crippen molar-refractivity contribution in [1.29, 1.82) is 0 Å². The highest BCUT2D eigenvalue weighted by molar-refractivity contribution is 5.96. The van der Waals surface area contributed by atoms with E-state index in [1.54, 1.807) is 0 Å². The van der Waals surface area contributed by atoms with Gasteiger partial charge in [-0.2, -0.15) is 0 Å². The van der Waals surface area contributed by atoms with Gasteiger partial charge in [0.05, 0.1) is 0 Å². The number of primary amides is 1. The maximum atomic E-state index is 12.5. The Kier molecular flexibility index (Phi) is 4.96. The first-order valence-electron chi connectivity index (χ1n) is 8.17. The van der Waals surface area contributed by atoms with E-state index in [0.717, 1.165) is 31.5 Å². The molecule has 1 aliphatic rings. The van der Waals surface area contributed by atoms with Crippen LogP contribution in [0.2, 0.25) is 0 Å². The molecule has 3 amide bonds. The number of hydrogen-bond acceptors (Lipinski definition) is 3. The summed E-state index contributed by atoms with van der Waals surface area (Å²) in [5.41, 5.74) is 6.00. The number of nitrogens with one attached hydrogen (secondary N) is 1.